The fourth-order valence-corrected chi connectivity index (χ4v) is 2.93. The van der Waals surface area contributed by atoms with Gasteiger partial charge in [-0.05, 0) is 25.8 Å². The van der Waals surface area contributed by atoms with Crippen molar-refractivity contribution in [1.82, 2.24) is 9.03 Å². The highest BCUT2D eigenvalue weighted by atomic mass is 32.2. The molecule has 1 aliphatic rings. The molecule has 0 bridgehead atoms. The van der Waals surface area contributed by atoms with Crippen LogP contribution in [-0.2, 0) is 10.2 Å². The van der Waals surface area contributed by atoms with Crippen LogP contribution in [-0.4, -0.2) is 38.9 Å². The van der Waals surface area contributed by atoms with E-state index < -0.39 is 10.2 Å². The summed E-state index contributed by atoms with van der Waals surface area (Å²) in [7, 11) is -1.83. The van der Waals surface area contributed by atoms with Crippen LogP contribution in [0.15, 0.2) is 0 Å². The molecular weight excluding hydrogens is 190 g/mol. The average Bonchev–Trinajstić information content (AvgIpc) is 2.47. The van der Waals surface area contributed by atoms with Crippen molar-refractivity contribution in [3.8, 4) is 0 Å². The van der Waals surface area contributed by atoms with Crippen LogP contribution >= 0.6 is 0 Å². The van der Waals surface area contributed by atoms with Gasteiger partial charge in [-0.25, -0.2) is 4.72 Å². The van der Waals surface area contributed by atoms with Crippen molar-refractivity contribution in [3.05, 3.63) is 0 Å². The van der Waals surface area contributed by atoms with Crippen LogP contribution in [0.25, 0.3) is 0 Å². The van der Waals surface area contributed by atoms with Gasteiger partial charge < -0.3 is 5.73 Å². The number of nitrogens with zero attached hydrogens (tertiary/aromatic N) is 1. The van der Waals surface area contributed by atoms with Gasteiger partial charge in [0.15, 0.2) is 0 Å². The Morgan fingerprint density at radius 3 is 2.62 bits per heavy atom. The van der Waals surface area contributed by atoms with Crippen LogP contribution < -0.4 is 10.5 Å². The minimum absolute atomic E-state index is 0.0611. The molecule has 0 radical (unpaired) electrons. The van der Waals surface area contributed by atoms with Gasteiger partial charge in [-0.2, -0.15) is 12.7 Å². The fraction of sp³-hybridized carbons (Fsp3) is 1.00. The molecule has 0 saturated carbocycles. The number of hydrogen-bond donors (Lipinski definition) is 2. The normalized spacial score (nSPS) is 31.0. The third kappa shape index (κ3) is 2.19. The highest BCUT2D eigenvalue weighted by Crippen LogP contribution is 2.23. The molecule has 0 amide bonds. The summed E-state index contributed by atoms with van der Waals surface area (Å²) in [5.41, 5.74) is 5.50. The molecule has 2 unspecified atom stereocenters. The minimum Gasteiger partial charge on any atom is -0.330 e. The topological polar surface area (TPSA) is 75.4 Å². The van der Waals surface area contributed by atoms with Gasteiger partial charge in [0.1, 0.15) is 0 Å². The van der Waals surface area contributed by atoms with Gasteiger partial charge >= 0.3 is 0 Å². The summed E-state index contributed by atoms with van der Waals surface area (Å²) in [6, 6.07) is 0.0611. The van der Waals surface area contributed by atoms with E-state index in [-0.39, 0.29) is 6.04 Å². The Morgan fingerprint density at radius 2 is 2.23 bits per heavy atom. The van der Waals surface area contributed by atoms with E-state index >= 15 is 0 Å². The van der Waals surface area contributed by atoms with Crippen LogP contribution in [0.1, 0.15) is 13.3 Å². The number of nitrogens with one attached hydrogen (secondary N) is 1. The van der Waals surface area contributed by atoms with Crippen LogP contribution in [0, 0.1) is 5.92 Å². The van der Waals surface area contributed by atoms with E-state index in [1.54, 1.807) is 0 Å². The first-order valence-corrected chi connectivity index (χ1v) is 5.85. The van der Waals surface area contributed by atoms with Gasteiger partial charge in [-0.1, -0.05) is 0 Å². The number of hydrogen-bond acceptors (Lipinski definition) is 3. The van der Waals surface area contributed by atoms with Gasteiger partial charge in [0.2, 0.25) is 0 Å². The molecule has 0 spiro atoms. The maximum atomic E-state index is 11.4. The zero-order chi connectivity index (χ0) is 10.1. The summed E-state index contributed by atoms with van der Waals surface area (Å²) in [5.74, 6) is 0.304. The van der Waals surface area contributed by atoms with Crippen molar-refractivity contribution in [2.75, 3.05) is 20.1 Å². The lowest BCUT2D eigenvalue weighted by Gasteiger charge is -2.19. The molecule has 0 aromatic heterocycles. The first kappa shape index (κ1) is 10.9. The van der Waals surface area contributed by atoms with Crippen molar-refractivity contribution in [3.63, 3.8) is 0 Å². The summed E-state index contributed by atoms with van der Waals surface area (Å²) >= 11 is 0. The van der Waals surface area contributed by atoms with Gasteiger partial charge in [-0.3, -0.25) is 0 Å². The third-order valence-corrected chi connectivity index (χ3v) is 4.15. The average molecular weight is 207 g/mol. The molecule has 2 atom stereocenters. The summed E-state index contributed by atoms with van der Waals surface area (Å²) in [4.78, 5) is 0. The van der Waals surface area contributed by atoms with Crippen LogP contribution in [0.3, 0.4) is 0 Å². The second kappa shape index (κ2) is 3.91. The molecule has 1 fully saturated rings. The smallest absolute Gasteiger partial charge is 0.279 e. The molecule has 0 aromatic carbocycles. The van der Waals surface area contributed by atoms with Crippen LogP contribution in [0.5, 0.6) is 0 Å². The van der Waals surface area contributed by atoms with Crippen molar-refractivity contribution in [2.45, 2.75) is 19.4 Å². The molecular formula is C7H17N3O2S. The molecule has 1 aliphatic heterocycles. The number of nitrogens with two attached hydrogens (primary N) is 1. The van der Waals surface area contributed by atoms with Crippen molar-refractivity contribution < 1.29 is 8.42 Å². The second-order valence-electron chi connectivity index (χ2n) is 3.47. The second-order valence-corrected chi connectivity index (χ2v) is 5.29. The maximum Gasteiger partial charge on any atom is 0.279 e. The molecule has 0 aromatic rings. The Labute approximate surface area is 79.5 Å². The summed E-state index contributed by atoms with van der Waals surface area (Å²) in [6.45, 7) is 3.01. The van der Waals surface area contributed by atoms with E-state index in [1.165, 1.54) is 11.4 Å². The summed E-state index contributed by atoms with van der Waals surface area (Å²) in [5, 5.41) is 0. The van der Waals surface area contributed by atoms with E-state index in [9.17, 15) is 8.42 Å². The highest BCUT2D eigenvalue weighted by Gasteiger charge is 2.35. The molecule has 1 heterocycles. The molecule has 13 heavy (non-hydrogen) atoms. The quantitative estimate of drug-likeness (QED) is 0.631. The fourth-order valence-electron chi connectivity index (χ4n) is 1.73. The van der Waals surface area contributed by atoms with Crippen LogP contribution in [0.2, 0.25) is 0 Å². The molecule has 3 N–H and O–H groups in total. The predicted octanol–water partition coefficient (Wildman–Crippen LogP) is -0.880. The lowest BCUT2D eigenvalue weighted by Crippen LogP contribution is -2.41. The van der Waals surface area contributed by atoms with Crippen molar-refractivity contribution in [2.24, 2.45) is 11.7 Å². The Morgan fingerprint density at radius 1 is 1.62 bits per heavy atom. The van der Waals surface area contributed by atoms with Gasteiger partial charge in [0.05, 0.1) is 0 Å². The van der Waals surface area contributed by atoms with E-state index in [2.05, 4.69) is 4.72 Å². The Bertz CT molecular complexity index is 265. The van der Waals surface area contributed by atoms with Crippen LogP contribution in [0.4, 0.5) is 0 Å². The first-order chi connectivity index (χ1) is 6.01. The maximum absolute atomic E-state index is 11.4. The SMILES string of the molecule is CNS(=O)(=O)N1CC(CN)CC1C. The largest absolute Gasteiger partial charge is 0.330 e. The Hall–Kier alpha value is -0.170. The van der Waals surface area contributed by atoms with Gasteiger partial charge in [-0.15, -0.1) is 0 Å². The van der Waals surface area contributed by atoms with Crippen molar-refractivity contribution >= 4 is 10.2 Å². The zero-order valence-corrected chi connectivity index (χ0v) is 8.84. The molecule has 0 aliphatic carbocycles. The standard InChI is InChI=1S/C7H17N3O2S/c1-6-3-7(4-8)5-10(6)13(11,12)9-2/h6-7,9H,3-5,8H2,1-2H3. The van der Waals surface area contributed by atoms with Gasteiger partial charge in [0, 0.05) is 19.6 Å². The predicted molar refractivity (Wildman–Crippen MR) is 51.3 cm³/mol. The third-order valence-electron chi connectivity index (χ3n) is 2.50. The molecule has 6 heteroatoms. The molecule has 1 saturated heterocycles. The molecule has 1 rings (SSSR count). The van der Waals surface area contributed by atoms with Crippen molar-refractivity contribution in [1.29, 1.82) is 0 Å². The number of rotatable bonds is 3. The summed E-state index contributed by atoms with van der Waals surface area (Å²) in [6.07, 6.45) is 0.859. The zero-order valence-electron chi connectivity index (χ0n) is 8.03. The van der Waals surface area contributed by atoms with E-state index in [1.807, 2.05) is 6.92 Å². The minimum atomic E-state index is -3.26. The van der Waals surface area contributed by atoms with E-state index in [0.717, 1.165) is 6.42 Å². The first-order valence-electron chi connectivity index (χ1n) is 4.41. The van der Waals surface area contributed by atoms with Gasteiger partial charge in [0.25, 0.3) is 10.2 Å². The Balaban J connectivity index is 2.73. The molecule has 5 nitrogen and oxygen atoms in total. The molecule has 78 valence electrons. The Kier molecular flexibility index (Phi) is 3.28. The monoisotopic (exact) mass is 207 g/mol. The van der Waals surface area contributed by atoms with E-state index in [4.69, 9.17) is 5.73 Å². The lowest BCUT2D eigenvalue weighted by molar-refractivity contribution is 0.399. The highest BCUT2D eigenvalue weighted by molar-refractivity contribution is 7.87. The lowest BCUT2D eigenvalue weighted by atomic mass is 10.1. The van der Waals surface area contributed by atoms with E-state index in [0.29, 0.717) is 19.0 Å². The summed E-state index contributed by atoms with van der Waals surface area (Å²) < 4.78 is 26.7.